The summed E-state index contributed by atoms with van der Waals surface area (Å²) in [7, 11) is 0. The van der Waals surface area contributed by atoms with Gasteiger partial charge in [0.25, 0.3) is 0 Å². The SMILES string of the molecule is CCC(=O)N1CCCC(C2CCN(C(=O)OC(C)(C)C)C2)C1. The van der Waals surface area contributed by atoms with Crippen molar-refractivity contribution in [3.63, 3.8) is 0 Å². The molecule has 0 N–H and O–H groups in total. The van der Waals surface area contributed by atoms with Crippen LogP contribution in [-0.4, -0.2) is 53.6 Å². The number of rotatable bonds is 2. The highest BCUT2D eigenvalue weighted by Crippen LogP contribution is 2.31. The molecule has 2 unspecified atom stereocenters. The van der Waals surface area contributed by atoms with Gasteiger partial charge in [-0.25, -0.2) is 4.79 Å². The van der Waals surface area contributed by atoms with E-state index in [4.69, 9.17) is 4.74 Å². The molecule has 0 aromatic heterocycles. The molecule has 0 radical (unpaired) electrons. The van der Waals surface area contributed by atoms with Crippen LogP contribution in [0.3, 0.4) is 0 Å². The van der Waals surface area contributed by atoms with Gasteiger partial charge < -0.3 is 14.5 Å². The van der Waals surface area contributed by atoms with Crippen molar-refractivity contribution in [2.24, 2.45) is 11.8 Å². The molecule has 5 nitrogen and oxygen atoms in total. The van der Waals surface area contributed by atoms with Crippen LogP contribution >= 0.6 is 0 Å². The summed E-state index contributed by atoms with van der Waals surface area (Å²) in [6.07, 6.45) is 3.66. The van der Waals surface area contributed by atoms with Crippen LogP contribution in [0.4, 0.5) is 4.79 Å². The number of carbonyl (C=O) groups is 2. The third kappa shape index (κ3) is 4.37. The maximum absolute atomic E-state index is 12.1. The van der Waals surface area contributed by atoms with Crippen molar-refractivity contribution >= 4 is 12.0 Å². The van der Waals surface area contributed by atoms with Crippen LogP contribution in [0, 0.1) is 11.8 Å². The summed E-state index contributed by atoms with van der Waals surface area (Å²) in [5.41, 5.74) is -0.440. The smallest absolute Gasteiger partial charge is 0.410 e. The number of amides is 2. The standard InChI is InChI=1S/C17H30N2O3/c1-5-15(20)18-9-6-7-13(11-18)14-8-10-19(12-14)16(21)22-17(2,3)4/h13-14H,5-12H2,1-4H3. The van der Waals surface area contributed by atoms with Crippen LogP contribution in [0.15, 0.2) is 0 Å². The average Bonchev–Trinajstić information content (AvgIpc) is 2.95. The minimum absolute atomic E-state index is 0.202. The number of nitrogens with zero attached hydrogens (tertiary/aromatic N) is 2. The first kappa shape index (κ1) is 17.1. The summed E-state index contributed by atoms with van der Waals surface area (Å²) in [4.78, 5) is 27.9. The summed E-state index contributed by atoms with van der Waals surface area (Å²) in [5.74, 6) is 1.28. The first-order valence-corrected chi connectivity index (χ1v) is 8.56. The largest absolute Gasteiger partial charge is 0.444 e. The Morgan fingerprint density at radius 1 is 1.05 bits per heavy atom. The third-order valence-electron chi connectivity index (χ3n) is 4.66. The quantitative estimate of drug-likeness (QED) is 0.788. The van der Waals surface area contributed by atoms with E-state index >= 15 is 0 Å². The highest BCUT2D eigenvalue weighted by molar-refractivity contribution is 5.75. The van der Waals surface area contributed by atoms with Gasteiger partial charge in [0.05, 0.1) is 0 Å². The van der Waals surface area contributed by atoms with E-state index < -0.39 is 5.60 Å². The van der Waals surface area contributed by atoms with Crippen molar-refractivity contribution in [3.05, 3.63) is 0 Å². The van der Waals surface area contributed by atoms with E-state index in [1.807, 2.05) is 37.5 Å². The number of ether oxygens (including phenoxy) is 1. The fourth-order valence-corrected chi connectivity index (χ4v) is 3.51. The summed E-state index contributed by atoms with van der Waals surface area (Å²) in [6, 6.07) is 0. The second-order valence-corrected chi connectivity index (χ2v) is 7.57. The zero-order valence-electron chi connectivity index (χ0n) is 14.4. The van der Waals surface area contributed by atoms with Gasteiger partial charge in [0.15, 0.2) is 0 Å². The van der Waals surface area contributed by atoms with Crippen LogP contribution in [0.2, 0.25) is 0 Å². The molecule has 0 aliphatic carbocycles. The van der Waals surface area contributed by atoms with Gasteiger partial charge in [-0.2, -0.15) is 0 Å². The maximum atomic E-state index is 12.1. The summed E-state index contributed by atoms with van der Waals surface area (Å²) < 4.78 is 5.46. The molecule has 0 spiro atoms. The van der Waals surface area contributed by atoms with E-state index in [0.29, 0.717) is 18.3 Å². The van der Waals surface area contributed by atoms with Crippen molar-refractivity contribution in [2.45, 2.75) is 59.0 Å². The van der Waals surface area contributed by atoms with Crippen LogP contribution in [0.25, 0.3) is 0 Å². The number of hydrogen-bond acceptors (Lipinski definition) is 3. The Bertz CT molecular complexity index is 417. The lowest BCUT2D eigenvalue weighted by Crippen LogP contribution is -2.42. The van der Waals surface area contributed by atoms with Crippen LogP contribution in [0.5, 0.6) is 0 Å². The highest BCUT2D eigenvalue weighted by atomic mass is 16.6. The topological polar surface area (TPSA) is 49.9 Å². The van der Waals surface area contributed by atoms with E-state index in [9.17, 15) is 9.59 Å². The lowest BCUT2D eigenvalue weighted by molar-refractivity contribution is -0.133. The maximum Gasteiger partial charge on any atom is 0.410 e. The molecule has 2 heterocycles. The molecule has 0 aromatic rings. The van der Waals surface area contributed by atoms with Crippen LogP contribution in [0.1, 0.15) is 53.4 Å². The second-order valence-electron chi connectivity index (χ2n) is 7.57. The van der Waals surface area contributed by atoms with E-state index in [2.05, 4.69) is 0 Å². The van der Waals surface area contributed by atoms with Crippen LogP contribution in [-0.2, 0) is 9.53 Å². The Hall–Kier alpha value is -1.26. The molecule has 22 heavy (non-hydrogen) atoms. The summed E-state index contributed by atoms with van der Waals surface area (Å²) >= 11 is 0. The molecule has 2 fully saturated rings. The Balaban J connectivity index is 1.87. The van der Waals surface area contributed by atoms with E-state index in [1.165, 1.54) is 6.42 Å². The zero-order chi connectivity index (χ0) is 16.3. The Kier molecular flexibility index (Phi) is 5.35. The molecule has 2 aliphatic rings. The Morgan fingerprint density at radius 3 is 2.32 bits per heavy atom. The fraction of sp³-hybridized carbons (Fsp3) is 0.882. The number of hydrogen-bond donors (Lipinski definition) is 0. The monoisotopic (exact) mass is 310 g/mol. The van der Waals surface area contributed by atoms with Gasteiger partial charge in [0.2, 0.25) is 5.91 Å². The van der Waals surface area contributed by atoms with Gasteiger partial charge in [-0.1, -0.05) is 6.92 Å². The second kappa shape index (κ2) is 6.88. The van der Waals surface area contributed by atoms with Crippen molar-refractivity contribution in [1.29, 1.82) is 0 Å². The molecular weight excluding hydrogens is 280 g/mol. The van der Waals surface area contributed by atoms with Crippen molar-refractivity contribution in [1.82, 2.24) is 9.80 Å². The van der Waals surface area contributed by atoms with Crippen molar-refractivity contribution in [3.8, 4) is 0 Å². The Labute approximate surface area is 134 Å². The van der Waals surface area contributed by atoms with Crippen LogP contribution < -0.4 is 0 Å². The van der Waals surface area contributed by atoms with Gasteiger partial charge in [-0.15, -0.1) is 0 Å². The van der Waals surface area contributed by atoms with E-state index in [1.54, 1.807) is 0 Å². The first-order valence-electron chi connectivity index (χ1n) is 8.56. The zero-order valence-corrected chi connectivity index (χ0v) is 14.4. The van der Waals surface area contributed by atoms with E-state index in [0.717, 1.165) is 39.0 Å². The summed E-state index contributed by atoms with van der Waals surface area (Å²) in [5, 5.41) is 0. The molecule has 2 amide bonds. The average molecular weight is 310 g/mol. The van der Waals surface area contributed by atoms with Gasteiger partial charge in [0, 0.05) is 32.6 Å². The number of piperidine rings is 1. The normalized spacial score (nSPS) is 26.2. The van der Waals surface area contributed by atoms with Crippen molar-refractivity contribution in [2.75, 3.05) is 26.2 Å². The lowest BCUT2D eigenvalue weighted by Gasteiger charge is -2.35. The molecule has 2 atom stereocenters. The minimum atomic E-state index is -0.440. The molecule has 5 heteroatoms. The molecule has 0 aromatic carbocycles. The third-order valence-corrected chi connectivity index (χ3v) is 4.66. The molecule has 0 saturated carbocycles. The fourth-order valence-electron chi connectivity index (χ4n) is 3.51. The first-order chi connectivity index (χ1) is 10.3. The Morgan fingerprint density at radius 2 is 1.68 bits per heavy atom. The van der Waals surface area contributed by atoms with E-state index in [-0.39, 0.29) is 12.0 Å². The molecule has 2 aliphatic heterocycles. The van der Waals surface area contributed by atoms with Gasteiger partial charge >= 0.3 is 6.09 Å². The van der Waals surface area contributed by atoms with Gasteiger partial charge in [-0.3, -0.25) is 4.79 Å². The minimum Gasteiger partial charge on any atom is -0.444 e. The number of likely N-dealkylation sites (tertiary alicyclic amines) is 2. The van der Waals surface area contributed by atoms with Crippen molar-refractivity contribution < 1.29 is 14.3 Å². The lowest BCUT2D eigenvalue weighted by atomic mass is 9.85. The molecule has 2 rings (SSSR count). The highest BCUT2D eigenvalue weighted by Gasteiger charge is 2.36. The molecule has 0 bridgehead atoms. The number of carbonyl (C=O) groups excluding carboxylic acids is 2. The van der Waals surface area contributed by atoms with Gasteiger partial charge in [-0.05, 0) is 51.9 Å². The molecular formula is C17H30N2O3. The predicted molar refractivity (Wildman–Crippen MR) is 85.5 cm³/mol. The molecule has 2 saturated heterocycles. The molecule has 126 valence electrons. The predicted octanol–water partition coefficient (Wildman–Crippen LogP) is 2.89. The summed E-state index contributed by atoms with van der Waals surface area (Å²) in [6.45, 7) is 10.9. The van der Waals surface area contributed by atoms with Gasteiger partial charge in [0.1, 0.15) is 5.60 Å².